The average Bonchev–Trinajstić information content (AvgIpc) is 3.33. The first-order chi connectivity index (χ1) is 17.8. The summed E-state index contributed by atoms with van der Waals surface area (Å²) in [5.74, 6) is -0.0868. The summed E-state index contributed by atoms with van der Waals surface area (Å²) in [5, 5.41) is 12.6. The van der Waals surface area contributed by atoms with Crippen LogP contribution in [0.2, 0.25) is 0 Å². The second-order valence-electron chi connectivity index (χ2n) is 10.7. The van der Waals surface area contributed by atoms with Gasteiger partial charge in [-0.3, -0.25) is 4.79 Å². The maximum Gasteiger partial charge on any atom is 0.416 e. The van der Waals surface area contributed by atoms with Gasteiger partial charge in [-0.25, -0.2) is 0 Å². The van der Waals surface area contributed by atoms with Crippen molar-refractivity contribution in [1.29, 1.82) is 0 Å². The fraction of sp³-hybridized carbons (Fsp3) is 0.536. The van der Waals surface area contributed by atoms with Gasteiger partial charge in [0.05, 0.1) is 23.1 Å². The van der Waals surface area contributed by atoms with E-state index in [0.717, 1.165) is 25.9 Å². The SMILES string of the molecule is Cc1ccc(C2CCN(C3CCC(CO)(C(=O)NCc4cc(C(F)(F)F)cc(C(F)(F)F)c4)C3)CC2)cc1. The Balaban J connectivity index is 1.38. The van der Waals surface area contributed by atoms with Gasteiger partial charge in [0.2, 0.25) is 5.91 Å². The van der Waals surface area contributed by atoms with Gasteiger partial charge in [-0.1, -0.05) is 29.8 Å². The Bertz CT molecular complexity index is 1090. The van der Waals surface area contributed by atoms with Gasteiger partial charge >= 0.3 is 12.4 Å². The van der Waals surface area contributed by atoms with Gasteiger partial charge < -0.3 is 15.3 Å². The first kappa shape index (κ1) is 28.4. The number of alkyl halides is 6. The Morgan fingerprint density at radius 2 is 1.55 bits per heavy atom. The van der Waals surface area contributed by atoms with E-state index in [1.54, 1.807) is 0 Å². The van der Waals surface area contributed by atoms with Crippen molar-refractivity contribution in [3.63, 3.8) is 0 Å². The van der Waals surface area contributed by atoms with E-state index in [1.807, 2.05) is 0 Å². The average molecular weight is 543 g/mol. The summed E-state index contributed by atoms with van der Waals surface area (Å²) in [5.41, 5.74) is -1.75. The zero-order valence-electron chi connectivity index (χ0n) is 21.1. The van der Waals surface area contributed by atoms with Crippen molar-refractivity contribution in [2.45, 2.75) is 69.9 Å². The van der Waals surface area contributed by atoms with Crippen molar-refractivity contribution in [2.75, 3.05) is 19.7 Å². The van der Waals surface area contributed by atoms with E-state index in [2.05, 4.69) is 41.4 Å². The minimum Gasteiger partial charge on any atom is -0.395 e. The highest BCUT2D eigenvalue weighted by Crippen LogP contribution is 2.42. The fourth-order valence-electron chi connectivity index (χ4n) is 5.76. The number of hydrogen-bond donors (Lipinski definition) is 2. The highest BCUT2D eigenvalue weighted by Gasteiger charge is 2.47. The van der Waals surface area contributed by atoms with Crippen LogP contribution in [0.15, 0.2) is 42.5 Å². The Hall–Kier alpha value is -2.59. The molecule has 0 aromatic heterocycles. The van der Waals surface area contributed by atoms with Crippen molar-refractivity contribution >= 4 is 5.91 Å². The van der Waals surface area contributed by atoms with Crippen LogP contribution < -0.4 is 5.32 Å². The lowest BCUT2D eigenvalue weighted by Gasteiger charge is -2.37. The number of nitrogens with zero attached hydrogens (tertiary/aromatic N) is 1. The highest BCUT2D eigenvalue weighted by atomic mass is 19.4. The monoisotopic (exact) mass is 542 g/mol. The zero-order valence-corrected chi connectivity index (χ0v) is 21.1. The first-order valence-corrected chi connectivity index (χ1v) is 12.8. The summed E-state index contributed by atoms with van der Waals surface area (Å²) in [6.45, 7) is 2.83. The number of aliphatic hydroxyl groups is 1. The number of rotatable bonds is 6. The van der Waals surface area contributed by atoms with Gasteiger partial charge in [-0.15, -0.1) is 0 Å². The number of carbonyl (C=O) groups excluding carboxylic acids is 1. The van der Waals surface area contributed by atoms with Crippen LogP contribution >= 0.6 is 0 Å². The van der Waals surface area contributed by atoms with Crippen molar-refractivity contribution < 1.29 is 36.2 Å². The molecule has 2 unspecified atom stereocenters. The number of piperidine rings is 1. The number of hydrogen-bond acceptors (Lipinski definition) is 3. The number of carbonyl (C=O) groups is 1. The van der Waals surface area contributed by atoms with Gasteiger partial charge in [0.1, 0.15) is 0 Å². The molecule has 1 amide bonds. The molecule has 2 N–H and O–H groups in total. The molecule has 0 bridgehead atoms. The van der Waals surface area contributed by atoms with Crippen LogP contribution in [0.4, 0.5) is 26.3 Å². The molecule has 1 saturated carbocycles. The molecule has 2 aliphatic rings. The number of halogens is 6. The number of nitrogens with one attached hydrogen (secondary N) is 1. The van der Waals surface area contributed by atoms with Crippen LogP contribution in [0, 0.1) is 12.3 Å². The highest BCUT2D eigenvalue weighted by molar-refractivity contribution is 5.83. The molecule has 1 aliphatic heterocycles. The molecule has 1 heterocycles. The minimum absolute atomic E-state index is 0.0596. The van der Waals surface area contributed by atoms with Crippen molar-refractivity contribution in [2.24, 2.45) is 5.41 Å². The van der Waals surface area contributed by atoms with Gasteiger partial charge in [0.25, 0.3) is 0 Å². The molecule has 1 aliphatic carbocycles. The molecule has 0 radical (unpaired) electrons. The molecule has 10 heteroatoms. The van der Waals surface area contributed by atoms with Gasteiger partial charge in [0, 0.05) is 12.6 Å². The molecule has 2 aromatic rings. The maximum atomic E-state index is 13.2. The molecule has 2 fully saturated rings. The van der Waals surface area contributed by atoms with Crippen molar-refractivity contribution in [3.8, 4) is 0 Å². The molecule has 38 heavy (non-hydrogen) atoms. The molecule has 4 nitrogen and oxygen atoms in total. The standard InChI is InChI=1S/C28H32F6N2O2/c1-18-2-4-20(5-3-18)21-7-10-36(11-8-21)24-6-9-26(15-24,17-37)25(38)35-16-19-12-22(27(29,30)31)14-23(13-19)28(32,33)34/h2-5,12-14,21,24,37H,6-11,15-17H2,1H3,(H,35,38). The second kappa shape index (κ2) is 10.9. The number of aryl methyl sites for hydroxylation is 1. The summed E-state index contributed by atoms with van der Waals surface area (Å²) in [6, 6.07) is 9.89. The lowest BCUT2D eigenvalue weighted by Crippen LogP contribution is -2.45. The predicted octanol–water partition coefficient (Wildman–Crippen LogP) is 6.06. The van der Waals surface area contributed by atoms with E-state index in [-0.39, 0.29) is 17.7 Å². The number of amides is 1. The fourth-order valence-corrected chi connectivity index (χ4v) is 5.76. The van der Waals surface area contributed by atoms with E-state index >= 15 is 0 Å². The van der Waals surface area contributed by atoms with E-state index in [0.29, 0.717) is 37.3 Å². The lowest BCUT2D eigenvalue weighted by molar-refractivity contribution is -0.143. The van der Waals surface area contributed by atoms with E-state index in [1.165, 1.54) is 11.1 Å². The summed E-state index contributed by atoms with van der Waals surface area (Å²) in [6.07, 6.45) is -6.49. The predicted molar refractivity (Wildman–Crippen MR) is 130 cm³/mol. The third-order valence-corrected chi connectivity index (χ3v) is 8.06. The number of likely N-dealkylation sites (tertiary alicyclic amines) is 1. The third-order valence-electron chi connectivity index (χ3n) is 8.06. The van der Waals surface area contributed by atoms with Crippen LogP contribution in [0.25, 0.3) is 0 Å². The van der Waals surface area contributed by atoms with Crippen LogP contribution in [-0.2, 0) is 23.7 Å². The molecule has 0 spiro atoms. The lowest BCUT2D eigenvalue weighted by atomic mass is 9.85. The largest absolute Gasteiger partial charge is 0.416 e. The molecule has 1 saturated heterocycles. The molecular weight excluding hydrogens is 510 g/mol. The van der Waals surface area contributed by atoms with E-state index < -0.39 is 48.0 Å². The Morgan fingerprint density at radius 3 is 2.08 bits per heavy atom. The first-order valence-electron chi connectivity index (χ1n) is 12.8. The normalized spacial score (nSPS) is 23.5. The van der Waals surface area contributed by atoms with Gasteiger partial charge in [-0.05, 0) is 87.4 Å². The topological polar surface area (TPSA) is 52.6 Å². The molecular formula is C28H32F6N2O2. The quantitative estimate of drug-likeness (QED) is 0.437. The van der Waals surface area contributed by atoms with Gasteiger partial charge in [0.15, 0.2) is 0 Å². The van der Waals surface area contributed by atoms with Gasteiger partial charge in [-0.2, -0.15) is 26.3 Å². The molecule has 2 aromatic carbocycles. The van der Waals surface area contributed by atoms with Crippen LogP contribution in [0.5, 0.6) is 0 Å². The number of benzene rings is 2. The maximum absolute atomic E-state index is 13.2. The third kappa shape index (κ3) is 6.34. The summed E-state index contributed by atoms with van der Waals surface area (Å²) in [7, 11) is 0. The molecule has 2 atom stereocenters. The number of aliphatic hydroxyl groups excluding tert-OH is 1. The van der Waals surface area contributed by atoms with Crippen molar-refractivity contribution in [1.82, 2.24) is 10.2 Å². The summed E-state index contributed by atoms with van der Waals surface area (Å²) in [4.78, 5) is 15.4. The minimum atomic E-state index is -4.96. The van der Waals surface area contributed by atoms with Crippen molar-refractivity contribution in [3.05, 3.63) is 70.3 Å². The van der Waals surface area contributed by atoms with Crippen LogP contribution in [0.1, 0.15) is 65.8 Å². The zero-order chi connectivity index (χ0) is 27.7. The Labute approximate surface area is 218 Å². The van der Waals surface area contributed by atoms with E-state index in [4.69, 9.17) is 0 Å². The van der Waals surface area contributed by atoms with Crippen LogP contribution in [0.3, 0.4) is 0 Å². The van der Waals surface area contributed by atoms with E-state index in [9.17, 15) is 36.2 Å². The summed E-state index contributed by atoms with van der Waals surface area (Å²) < 4.78 is 79.0. The smallest absolute Gasteiger partial charge is 0.395 e. The Morgan fingerprint density at radius 1 is 0.974 bits per heavy atom. The molecule has 4 rings (SSSR count). The van der Waals surface area contributed by atoms with Crippen LogP contribution in [-0.4, -0.2) is 41.7 Å². The second-order valence-corrected chi connectivity index (χ2v) is 10.7. The molecule has 208 valence electrons. The Kier molecular flexibility index (Phi) is 8.14. The summed E-state index contributed by atoms with van der Waals surface area (Å²) >= 11 is 0.